The molecule has 0 aliphatic rings. The number of rotatable bonds is 5. The third kappa shape index (κ3) is 4.67. The Kier molecular flexibility index (Phi) is 5.58. The quantitative estimate of drug-likeness (QED) is 0.855. The van der Waals surface area contributed by atoms with Crippen molar-refractivity contribution in [3.63, 3.8) is 0 Å². The van der Waals surface area contributed by atoms with Crippen LogP contribution in [0.5, 0.6) is 0 Å². The molecule has 7 heteroatoms. The third-order valence-corrected chi connectivity index (χ3v) is 4.81. The molecule has 0 saturated heterocycles. The van der Waals surface area contributed by atoms with Gasteiger partial charge in [0.25, 0.3) is 21.8 Å². The van der Waals surface area contributed by atoms with Crippen LogP contribution in [0.4, 0.5) is 0 Å². The van der Waals surface area contributed by atoms with Gasteiger partial charge in [-0.25, -0.2) is 13.1 Å². The van der Waals surface area contributed by atoms with Crippen LogP contribution in [-0.2, 0) is 10.0 Å². The highest BCUT2D eigenvalue weighted by atomic mass is 32.2. The minimum absolute atomic E-state index is 0.0238. The van der Waals surface area contributed by atoms with E-state index in [2.05, 4.69) is 5.32 Å². The van der Waals surface area contributed by atoms with E-state index < -0.39 is 15.9 Å². The maximum atomic E-state index is 12.4. The zero-order chi connectivity index (χ0) is 18.6. The molecule has 0 saturated carbocycles. The molecule has 25 heavy (non-hydrogen) atoms. The summed E-state index contributed by atoms with van der Waals surface area (Å²) in [5, 5.41) is 2.72. The highest BCUT2D eigenvalue weighted by molar-refractivity contribution is 7.90. The van der Waals surface area contributed by atoms with Gasteiger partial charge in [-0.05, 0) is 56.7 Å². The molecular weight excluding hydrogens is 340 g/mol. The molecule has 132 valence electrons. The van der Waals surface area contributed by atoms with Crippen LogP contribution in [0.3, 0.4) is 0 Å². The summed E-state index contributed by atoms with van der Waals surface area (Å²) in [4.78, 5) is 24.0. The van der Waals surface area contributed by atoms with Crippen LogP contribution in [-0.4, -0.2) is 26.3 Å². The summed E-state index contributed by atoms with van der Waals surface area (Å²) in [6, 6.07) is 12.1. The number of benzene rings is 2. The molecule has 2 amide bonds. The zero-order valence-electron chi connectivity index (χ0n) is 14.2. The van der Waals surface area contributed by atoms with Gasteiger partial charge >= 0.3 is 0 Å². The standard InChI is InChI=1S/C18H20N2O4S/c1-12(2)19-17(21)14-8-10-15(11-9-14)25(23,24)20-18(22)16-7-5-4-6-13(16)3/h4-12H,1-3H3,(H,19,21)(H,20,22). The first kappa shape index (κ1) is 18.7. The molecule has 0 aliphatic carbocycles. The van der Waals surface area contributed by atoms with Crippen molar-refractivity contribution in [1.29, 1.82) is 0 Å². The minimum Gasteiger partial charge on any atom is -0.350 e. The Labute approximate surface area is 147 Å². The van der Waals surface area contributed by atoms with E-state index in [0.29, 0.717) is 16.7 Å². The fourth-order valence-electron chi connectivity index (χ4n) is 2.19. The first-order chi connectivity index (χ1) is 11.7. The van der Waals surface area contributed by atoms with E-state index in [9.17, 15) is 18.0 Å². The lowest BCUT2D eigenvalue weighted by molar-refractivity contribution is 0.0941. The predicted octanol–water partition coefficient (Wildman–Crippen LogP) is 2.25. The van der Waals surface area contributed by atoms with Gasteiger partial charge in [0.05, 0.1) is 4.90 Å². The summed E-state index contributed by atoms with van der Waals surface area (Å²) in [6.45, 7) is 5.39. The number of carbonyl (C=O) groups is 2. The van der Waals surface area contributed by atoms with Gasteiger partial charge in [0.15, 0.2) is 0 Å². The summed E-state index contributed by atoms with van der Waals surface area (Å²) < 4.78 is 26.8. The number of carbonyl (C=O) groups excluding carboxylic acids is 2. The highest BCUT2D eigenvalue weighted by Gasteiger charge is 2.20. The Hall–Kier alpha value is -2.67. The second-order valence-electron chi connectivity index (χ2n) is 5.90. The van der Waals surface area contributed by atoms with E-state index in [1.165, 1.54) is 24.3 Å². The molecule has 2 aromatic rings. The monoisotopic (exact) mass is 360 g/mol. The fourth-order valence-corrected chi connectivity index (χ4v) is 3.16. The van der Waals surface area contributed by atoms with Crippen molar-refractivity contribution < 1.29 is 18.0 Å². The van der Waals surface area contributed by atoms with Crippen LogP contribution in [0.1, 0.15) is 40.1 Å². The average Bonchev–Trinajstić information content (AvgIpc) is 2.54. The topological polar surface area (TPSA) is 92.3 Å². The third-order valence-electron chi connectivity index (χ3n) is 3.46. The maximum absolute atomic E-state index is 12.4. The molecule has 2 aromatic carbocycles. The average molecular weight is 360 g/mol. The van der Waals surface area contributed by atoms with Crippen LogP contribution >= 0.6 is 0 Å². The van der Waals surface area contributed by atoms with E-state index in [1.54, 1.807) is 31.2 Å². The lowest BCUT2D eigenvalue weighted by atomic mass is 10.1. The molecule has 0 radical (unpaired) electrons. The van der Waals surface area contributed by atoms with Gasteiger partial charge in [-0.3, -0.25) is 9.59 Å². The van der Waals surface area contributed by atoms with Gasteiger partial charge in [0, 0.05) is 17.2 Å². The van der Waals surface area contributed by atoms with Gasteiger partial charge in [0.1, 0.15) is 0 Å². The summed E-state index contributed by atoms with van der Waals surface area (Å²) in [5.41, 5.74) is 1.31. The van der Waals surface area contributed by atoms with Gasteiger partial charge in [0.2, 0.25) is 0 Å². The fraction of sp³-hybridized carbons (Fsp3) is 0.222. The number of hydrogen-bond donors (Lipinski definition) is 2. The highest BCUT2D eigenvalue weighted by Crippen LogP contribution is 2.13. The molecule has 0 aliphatic heterocycles. The smallest absolute Gasteiger partial charge is 0.265 e. The maximum Gasteiger partial charge on any atom is 0.265 e. The van der Waals surface area contributed by atoms with Gasteiger partial charge < -0.3 is 5.32 Å². The normalized spacial score (nSPS) is 11.2. The Morgan fingerprint density at radius 3 is 2.08 bits per heavy atom. The lowest BCUT2D eigenvalue weighted by Gasteiger charge is -2.10. The molecular formula is C18H20N2O4S. The van der Waals surface area contributed by atoms with Crippen molar-refractivity contribution in [2.75, 3.05) is 0 Å². The Balaban J connectivity index is 2.18. The number of hydrogen-bond acceptors (Lipinski definition) is 4. The Morgan fingerprint density at radius 1 is 0.920 bits per heavy atom. The number of nitrogens with one attached hydrogen (secondary N) is 2. The van der Waals surface area contributed by atoms with Crippen molar-refractivity contribution >= 4 is 21.8 Å². The van der Waals surface area contributed by atoms with Gasteiger partial charge in [-0.1, -0.05) is 18.2 Å². The van der Waals surface area contributed by atoms with Crippen LogP contribution in [0, 0.1) is 6.92 Å². The molecule has 0 bridgehead atoms. The summed E-state index contributed by atoms with van der Waals surface area (Å²) in [7, 11) is -4.02. The Morgan fingerprint density at radius 2 is 1.52 bits per heavy atom. The van der Waals surface area contributed by atoms with E-state index in [4.69, 9.17) is 0 Å². The summed E-state index contributed by atoms with van der Waals surface area (Å²) >= 11 is 0. The van der Waals surface area contributed by atoms with Gasteiger partial charge in [-0.15, -0.1) is 0 Å². The van der Waals surface area contributed by atoms with E-state index in [-0.39, 0.29) is 16.8 Å². The van der Waals surface area contributed by atoms with E-state index in [1.807, 2.05) is 18.6 Å². The molecule has 0 atom stereocenters. The van der Waals surface area contributed by atoms with Gasteiger partial charge in [-0.2, -0.15) is 0 Å². The largest absolute Gasteiger partial charge is 0.350 e. The molecule has 0 aromatic heterocycles. The van der Waals surface area contributed by atoms with Crippen LogP contribution in [0.2, 0.25) is 0 Å². The molecule has 0 spiro atoms. The Bertz CT molecular complexity index is 888. The molecule has 0 heterocycles. The van der Waals surface area contributed by atoms with Crippen LogP contribution in [0.15, 0.2) is 53.4 Å². The number of aryl methyl sites for hydroxylation is 1. The first-order valence-electron chi connectivity index (χ1n) is 7.74. The number of amides is 2. The number of sulfonamides is 1. The molecule has 6 nitrogen and oxygen atoms in total. The zero-order valence-corrected chi connectivity index (χ0v) is 15.1. The van der Waals surface area contributed by atoms with Crippen molar-refractivity contribution in [2.45, 2.75) is 31.7 Å². The van der Waals surface area contributed by atoms with Crippen LogP contribution in [0.25, 0.3) is 0 Å². The summed E-state index contributed by atoms with van der Waals surface area (Å²) in [6.07, 6.45) is 0. The molecule has 0 unspecified atom stereocenters. The molecule has 2 N–H and O–H groups in total. The molecule has 2 rings (SSSR count). The summed E-state index contributed by atoms with van der Waals surface area (Å²) in [5.74, 6) is -0.984. The first-order valence-corrected chi connectivity index (χ1v) is 9.23. The van der Waals surface area contributed by atoms with E-state index in [0.717, 1.165) is 0 Å². The lowest BCUT2D eigenvalue weighted by Crippen LogP contribution is -2.31. The van der Waals surface area contributed by atoms with E-state index >= 15 is 0 Å². The second kappa shape index (κ2) is 7.48. The van der Waals surface area contributed by atoms with Crippen molar-refractivity contribution in [3.05, 3.63) is 65.2 Å². The minimum atomic E-state index is -4.02. The van der Waals surface area contributed by atoms with Crippen LogP contribution < -0.4 is 10.0 Å². The SMILES string of the molecule is Cc1ccccc1C(=O)NS(=O)(=O)c1ccc(C(=O)NC(C)C)cc1. The predicted molar refractivity (Wildman–Crippen MR) is 94.9 cm³/mol. The second-order valence-corrected chi connectivity index (χ2v) is 7.58. The van der Waals surface area contributed by atoms with Crippen molar-refractivity contribution in [1.82, 2.24) is 10.0 Å². The van der Waals surface area contributed by atoms with Crippen molar-refractivity contribution in [3.8, 4) is 0 Å². The van der Waals surface area contributed by atoms with Crippen molar-refractivity contribution in [2.24, 2.45) is 0 Å². The molecule has 0 fully saturated rings.